The maximum absolute atomic E-state index is 13.7. The molecule has 0 saturated carbocycles. The number of hydrogen-bond donors (Lipinski definition) is 0. The molecule has 0 bridgehead atoms. The second-order valence-corrected chi connectivity index (χ2v) is 11.3. The number of alkyl halides is 3. The van der Waals surface area contributed by atoms with E-state index in [0.29, 0.717) is 11.6 Å². The molecule has 1 aliphatic heterocycles. The van der Waals surface area contributed by atoms with Gasteiger partial charge in [0.1, 0.15) is 17.5 Å². The van der Waals surface area contributed by atoms with Crippen LogP contribution in [-0.2, 0) is 38.7 Å². The van der Waals surface area contributed by atoms with Crippen LogP contribution in [-0.4, -0.2) is 47.6 Å². The smallest absolute Gasteiger partial charge is 0.416 e. The molecule has 0 radical (unpaired) electrons. The van der Waals surface area contributed by atoms with Gasteiger partial charge in [-0.1, -0.05) is 12.1 Å². The lowest BCUT2D eigenvalue weighted by atomic mass is 10.1. The van der Waals surface area contributed by atoms with Gasteiger partial charge in [-0.3, -0.25) is 9.10 Å². The van der Waals surface area contributed by atoms with Gasteiger partial charge in [0.2, 0.25) is 0 Å². The highest BCUT2D eigenvalue weighted by atomic mass is 32.2. The molecule has 0 N–H and O–H groups in total. The predicted octanol–water partition coefficient (Wildman–Crippen LogP) is 3.84. The van der Waals surface area contributed by atoms with E-state index in [4.69, 9.17) is 9.47 Å². The van der Waals surface area contributed by atoms with Gasteiger partial charge in [0.15, 0.2) is 0 Å². The number of ether oxygens (including phenoxy) is 2. The number of halogens is 3. The van der Waals surface area contributed by atoms with E-state index in [2.05, 4.69) is 10.2 Å². The fourth-order valence-corrected chi connectivity index (χ4v) is 5.36. The summed E-state index contributed by atoms with van der Waals surface area (Å²) in [5.41, 5.74) is -1.24. The number of carbonyl (C=O) groups is 1. The van der Waals surface area contributed by atoms with Gasteiger partial charge in [0.25, 0.3) is 10.0 Å². The summed E-state index contributed by atoms with van der Waals surface area (Å²) in [7, 11) is -4.46. The number of benzene rings is 2. The Morgan fingerprint density at radius 1 is 1.11 bits per heavy atom. The Morgan fingerprint density at radius 3 is 2.46 bits per heavy atom. The summed E-state index contributed by atoms with van der Waals surface area (Å²) in [5, 5.41) is 8.01. The first-order valence-electron chi connectivity index (χ1n) is 11.3. The average molecular weight is 539 g/mol. The number of nitrogens with zero attached hydrogens (tertiary/aromatic N) is 4. The van der Waals surface area contributed by atoms with E-state index >= 15 is 0 Å². The van der Waals surface area contributed by atoms with Crippen LogP contribution in [0.25, 0.3) is 0 Å². The molecule has 2 aromatic carbocycles. The van der Waals surface area contributed by atoms with Crippen molar-refractivity contribution in [2.45, 2.75) is 56.5 Å². The van der Waals surface area contributed by atoms with Gasteiger partial charge in [-0.05, 0) is 56.7 Å². The van der Waals surface area contributed by atoms with Crippen molar-refractivity contribution in [1.29, 1.82) is 0 Å². The van der Waals surface area contributed by atoms with E-state index in [-0.39, 0.29) is 30.9 Å². The van der Waals surface area contributed by atoms with E-state index in [9.17, 15) is 26.4 Å². The van der Waals surface area contributed by atoms with Crippen molar-refractivity contribution in [1.82, 2.24) is 15.0 Å². The summed E-state index contributed by atoms with van der Waals surface area (Å²) < 4.78 is 79.6. The molecule has 0 aliphatic carbocycles. The summed E-state index contributed by atoms with van der Waals surface area (Å²) >= 11 is 0. The minimum absolute atomic E-state index is 0.0979. The second-order valence-electron chi connectivity index (χ2n) is 9.45. The maximum Gasteiger partial charge on any atom is 0.416 e. The van der Waals surface area contributed by atoms with Crippen LogP contribution < -0.4 is 9.04 Å². The van der Waals surface area contributed by atoms with E-state index < -0.39 is 44.3 Å². The van der Waals surface area contributed by atoms with Crippen molar-refractivity contribution in [2.75, 3.05) is 10.8 Å². The number of hydrogen-bond acceptors (Lipinski definition) is 7. The molecule has 1 aliphatic rings. The lowest BCUT2D eigenvalue weighted by Gasteiger charge is -2.35. The van der Waals surface area contributed by atoms with Crippen LogP contribution in [0.1, 0.15) is 31.9 Å². The molecule has 0 unspecified atom stereocenters. The van der Waals surface area contributed by atoms with E-state index in [1.807, 2.05) is 0 Å². The quantitative estimate of drug-likeness (QED) is 0.440. The van der Waals surface area contributed by atoms with Gasteiger partial charge < -0.3 is 9.47 Å². The highest BCUT2D eigenvalue weighted by Gasteiger charge is 2.37. The van der Waals surface area contributed by atoms with Crippen molar-refractivity contribution in [3.05, 3.63) is 66.0 Å². The lowest BCUT2D eigenvalue weighted by molar-refractivity contribution is -0.153. The third-order valence-electron chi connectivity index (χ3n) is 5.31. The van der Waals surface area contributed by atoms with Gasteiger partial charge >= 0.3 is 12.1 Å². The Morgan fingerprint density at radius 2 is 1.81 bits per heavy atom. The standard InChI is InChI=1S/C24H25F3N4O5S/c1-23(2,3)36-22(32)12-16-7-8-21-20(11-16)30(14-18(35-21)15-31-28-9-10-29-31)37(33,34)19-6-4-5-17(13-19)24(25,26)27/h4-11,13,18H,12,14-15H2,1-3H3/t18-/m1/s1. The zero-order valence-electron chi connectivity index (χ0n) is 20.3. The summed E-state index contributed by atoms with van der Waals surface area (Å²) in [6, 6.07) is 8.14. The van der Waals surface area contributed by atoms with E-state index in [1.54, 1.807) is 26.8 Å². The van der Waals surface area contributed by atoms with E-state index in [1.165, 1.54) is 29.3 Å². The van der Waals surface area contributed by atoms with Crippen molar-refractivity contribution in [3.63, 3.8) is 0 Å². The monoisotopic (exact) mass is 538 g/mol. The van der Waals surface area contributed by atoms with Crippen LogP contribution in [0.4, 0.5) is 18.9 Å². The fourth-order valence-electron chi connectivity index (χ4n) is 3.81. The molecular formula is C24H25F3N4O5S. The molecule has 0 fully saturated rings. The normalized spacial score (nSPS) is 16.2. The summed E-state index contributed by atoms with van der Waals surface area (Å²) in [5.74, 6) is -0.328. The van der Waals surface area contributed by atoms with E-state index in [0.717, 1.165) is 22.5 Å². The third kappa shape index (κ3) is 6.21. The van der Waals surface area contributed by atoms with Gasteiger partial charge in [-0.2, -0.15) is 28.2 Å². The molecule has 2 heterocycles. The van der Waals surface area contributed by atoms with Gasteiger partial charge in [-0.15, -0.1) is 0 Å². The Kier molecular flexibility index (Phi) is 6.93. The molecule has 3 aromatic rings. The molecule has 0 saturated heterocycles. The largest absolute Gasteiger partial charge is 0.484 e. The number of rotatable bonds is 6. The fraction of sp³-hybridized carbons (Fsp3) is 0.375. The maximum atomic E-state index is 13.7. The van der Waals surface area contributed by atoms with Crippen molar-refractivity contribution < 1.29 is 35.9 Å². The van der Waals surface area contributed by atoms with Gasteiger partial charge in [0, 0.05) is 0 Å². The number of esters is 1. The second kappa shape index (κ2) is 9.69. The minimum atomic E-state index is -4.72. The molecule has 1 atom stereocenters. The Balaban J connectivity index is 1.73. The number of carbonyl (C=O) groups excluding carboxylic acids is 1. The molecular weight excluding hydrogens is 513 g/mol. The first kappa shape index (κ1) is 26.5. The van der Waals surface area contributed by atoms with Gasteiger partial charge in [-0.25, -0.2) is 8.42 Å². The van der Waals surface area contributed by atoms with Crippen LogP contribution in [0.5, 0.6) is 5.75 Å². The van der Waals surface area contributed by atoms with Crippen molar-refractivity contribution in [3.8, 4) is 5.75 Å². The zero-order chi connectivity index (χ0) is 27.0. The van der Waals surface area contributed by atoms with Crippen LogP contribution in [0.3, 0.4) is 0 Å². The van der Waals surface area contributed by atoms with Crippen LogP contribution in [0, 0.1) is 0 Å². The number of fused-ring (bicyclic) bond motifs is 1. The molecule has 0 spiro atoms. The van der Waals surface area contributed by atoms with Crippen molar-refractivity contribution in [2.24, 2.45) is 0 Å². The molecule has 4 rings (SSSR count). The highest BCUT2D eigenvalue weighted by molar-refractivity contribution is 7.92. The predicted molar refractivity (Wildman–Crippen MR) is 126 cm³/mol. The molecule has 0 amide bonds. The third-order valence-corrected chi connectivity index (χ3v) is 7.08. The first-order valence-corrected chi connectivity index (χ1v) is 12.7. The van der Waals surface area contributed by atoms with Crippen LogP contribution in [0.2, 0.25) is 0 Å². The molecule has 13 heteroatoms. The average Bonchev–Trinajstić information content (AvgIpc) is 3.30. The van der Waals surface area contributed by atoms with Crippen molar-refractivity contribution >= 4 is 21.7 Å². The molecule has 37 heavy (non-hydrogen) atoms. The summed E-state index contributed by atoms with van der Waals surface area (Å²) in [4.78, 5) is 13.1. The molecule has 1 aromatic heterocycles. The Bertz CT molecular complexity index is 1390. The SMILES string of the molecule is CC(C)(C)OC(=O)Cc1ccc2c(c1)N(S(=O)(=O)c1cccc(C(F)(F)F)c1)C[C@H](Cn1nccn1)O2. The Labute approximate surface area is 211 Å². The first-order chi connectivity index (χ1) is 17.2. The minimum Gasteiger partial charge on any atom is -0.484 e. The zero-order valence-corrected chi connectivity index (χ0v) is 21.1. The number of sulfonamides is 1. The number of anilines is 1. The topological polar surface area (TPSA) is 104 Å². The molecule has 9 nitrogen and oxygen atoms in total. The summed E-state index contributed by atoms with van der Waals surface area (Å²) in [6.07, 6.45) is -2.68. The Hall–Kier alpha value is -3.61. The molecule has 198 valence electrons. The lowest BCUT2D eigenvalue weighted by Crippen LogP contribution is -2.45. The van der Waals surface area contributed by atoms with Crippen LogP contribution in [0.15, 0.2) is 59.8 Å². The summed E-state index contributed by atoms with van der Waals surface area (Å²) in [6.45, 7) is 5.06. The number of aromatic nitrogens is 3. The van der Waals surface area contributed by atoms with Crippen LogP contribution >= 0.6 is 0 Å². The highest BCUT2D eigenvalue weighted by Crippen LogP contribution is 2.39. The van der Waals surface area contributed by atoms with Gasteiger partial charge in [0.05, 0.1) is 48.1 Å².